The summed E-state index contributed by atoms with van der Waals surface area (Å²) in [7, 11) is 1.50. The SMILES string of the molecule is COCOc1ccc(Cc2c(C)cc(OCc3ccccc3)c(F)c2C)nc1C(C)=O. The van der Waals surface area contributed by atoms with E-state index in [9.17, 15) is 4.79 Å². The van der Waals surface area contributed by atoms with E-state index in [0.717, 1.165) is 16.7 Å². The van der Waals surface area contributed by atoms with Crippen molar-refractivity contribution in [2.75, 3.05) is 13.9 Å². The maximum Gasteiger partial charge on any atom is 0.188 e. The number of ketones is 1. The first kappa shape index (κ1) is 22.4. The molecule has 162 valence electrons. The minimum atomic E-state index is -0.386. The van der Waals surface area contributed by atoms with Gasteiger partial charge >= 0.3 is 0 Å². The second-order valence-electron chi connectivity index (χ2n) is 7.32. The summed E-state index contributed by atoms with van der Waals surface area (Å²) in [6.07, 6.45) is 0.387. The van der Waals surface area contributed by atoms with E-state index >= 15 is 4.39 Å². The summed E-state index contributed by atoms with van der Waals surface area (Å²) in [6, 6.07) is 14.8. The van der Waals surface area contributed by atoms with Crippen molar-refractivity contribution in [2.45, 2.75) is 33.8 Å². The van der Waals surface area contributed by atoms with Crippen LogP contribution in [-0.2, 0) is 17.8 Å². The topological polar surface area (TPSA) is 57.6 Å². The average Bonchev–Trinajstić information content (AvgIpc) is 2.77. The number of hydrogen-bond acceptors (Lipinski definition) is 5. The predicted molar refractivity (Wildman–Crippen MR) is 116 cm³/mol. The summed E-state index contributed by atoms with van der Waals surface area (Å²) in [5.74, 6) is -0.00806. The van der Waals surface area contributed by atoms with E-state index in [1.807, 2.05) is 37.3 Å². The predicted octanol–water partition coefficient (Wildman–Crippen LogP) is 5.19. The Morgan fingerprint density at radius 2 is 1.77 bits per heavy atom. The Bertz CT molecular complexity index is 1070. The lowest BCUT2D eigenvalue weighted by Crippen LogP contribution is -2.09. The molecule has 0 aliphatic rings. The Labute approximate surface area is 181 Å². The number of hydrogen-bond donors (Lipinski definition) is 0. The third kappa shape index (κ3) is 5.47. The molecule has 0 aliphatic carbocycles. The van der Waals surface area contributed by atoms with Crippen LogP contribution in [0.1, 0.15) is 45.4 Å². The molecule has 0 atom stereocenters. The Morgan fingerprint density at radius 1 is 1.03 bits per heavy atom. The fourth-order valence-corrected chi connectivity index (χ4v) is 3.33. The van der Waals surface area contributed by atoms with Gasteiger partial charge in [0, 0.05) is 26.1 Å². The largest absolute Gasteiger partial charge is 0.486 e. The van der Waals surface area contributed by atoms with Gasteiger partial charge in [0.1, 0.15) is 12.3 Å². The lowest BCUT2D eigenvalue weighted by molar-refractivity contribution is 0.0499. The average molecular weight is 423 g/mol. The summed E-state index contributed by atoms with van der Waals surface area (Å²) in [5.41, 5.74) is 4.07. The van der Waals surface area contributed by atoms with Crippen LogP contribution in [0.15, 0.2) is 48.5 Å². The van der Waals surface area contributed by atoms with Crippen LogP contribution in [0.5, 0.6) is 11.5 Å². The first-order chi connectivity index (χ1) is 14.9. The molecule has 2 aromatic carbocycles. The van der Waals surface area contributed by atoms with Crippen LogP contribution in [0.3, 0.4) is 0 Å². The van der Waals surface area contributed by atoms with Gasteiger partial charge < -0.3 is 14.2 Å². The molecule has 0 saturated carbocycles. The number of nitrogens with zero attached hydrogens (tertiary/aromatic N) is 1. The molecule has 0 aliphatic heterocycles. The van der Waals surface area contributed by atoms with Crippen LogP contribution in [0.2, 0.25) is 0 Å². The monoisotopic (exact) mass is 423 g/mol. The van der Waals surface area contributed by atoms with Crippen molar-refractivity contribution >= 4 is 5.78 Å². The first-order valence-corrected chi connectivity index (χ1v) is 9.98. The third-order valence-electron chi connectivity index (χ3n) is 5.00. The molecular formula is C25H26FNO4. The molecule has 0 radical (unpaired) electrons. The highest BCUT2D eigenvalue weighted by Gasteiger charge is 2.17. The van der Waals surface area contributed by atoms with Gasteiger partial charge in [-0.05, 0) is 54.3 Å². The molecule has 31 heavy (non-hydrogen) atoms. The second kappa shape index (κ2) is 10.2. The molecule has 1 heterocycles. The van der Waals surface area contributed by atoms with Gasteiger partial charge in [-0.25, -0.2) is 9.37 Å². The molecule has 0 fully saturated rings. The van der Waals surface area contributed by atoms with Crippen molar-refractivity contribution in [3.8, 4) is 11.5 Å². The van der Waals surface area contributed by atoms with Crippen molar-refractivity contribution in [1.29, 1.82) is 0 Å². The molecule has 3 rings (SSSR count). The maximum atomic E-state index is 15.0. The van der Waals surface area contributed by atoms with Gasteiger partial charge in [-0.1, -0.05) is 30.3 Å². The van der Waals surface area contributed by atoms with Gasteiger partial charge in [-0.2, -0.15) is 0 Å². The fraction of sp³-hybridized carbons (Fsp3) is 0.280. The van der Waals surface area contributed by atoms with E-state index in [0.29, 0.717) is 30.0 Å². The minimum Gasteiger partial charge on any atom is -0.486 e. The highest BCUT2D eigenvalue weighted by Crippen LogP contribution is 2.29. The Balaban J connectivity index is 1.84. The van der Waals surface area contributed by atoms with E-state index in [4.69, 9.17) is 14.2 Å². The second-order valence-corrected chi connectivity index (χ2v) is 7.32. The van der Waals surface area contributed by atoms with Crippen LogP contribution >= 0.6 is 0 Å². The van der Waals surface area contributed by atoms with E-state index in [1.165, 1.54) is 14.0 Å². The fourth-order valence-electron chi connectivity index (χ4n) is 3.33. The van der Waals surface area contributed by atoms with Gasteiger partial charge in [-0.15, -0.1) is 0 Å². The number of pyridine rings is 1. The highest BCUT2D eigenvalue weighted by atomic mass is 19.1. The number of aryl methyl sites for hydroxylation is 1. The van der Waals surface area contributed by atoms with E-state index in [2.05, 4.69) is 4.98 Å². The zero-order chi connectivity index (χ0) is 22.4. The lowest BCUT2D eigenvalue weighted by atomic mass is 9.97. The van der Waals surface area contributed by atoms with Crippen LogP contribution in [0.4, 0.5) is 4.39 Å². The zero-order valence-electron chi connectivity index (χ0n) is 18.2. The van der Waals surface area contributed by atoms with E-state index < -0.39 is 0 Å². The van der Waals surface area contributed by atoms with Crippen molar-refractivity contribution in [1.82, 2.24) is 4.98 Å². The van der Waals surface area contributed by atoms with Gasteiger partial charge in [0.05, 0.1) is 0 Å². The standard InChI is InChI=1S/C25H26FNO4/c1-16-12-23(30-14-19-8-6-5-7-9-19)24(26)17(2)21(16)13-20-10-11-22(31-15-29-4)25(27-20)18(3)28/h5-12H,13-15H2,1-4H3. The summed E-state index contributed by atoms with van der Waals surface area (Å²) in [6.45, 7) is 5.40. The molecule has 0 N–H and O–H groups in total. The van der Waals surface area contributed by atoms with Crippen LogP contribution < -0.4 is 9.47 Å². The number of rotatable bonds is 9. The van der Waals surface area contributed by atoms with Crippen LogP contribution in [0, 0.1) is 19.7 Å². The van der Waals surface area contributed by atoms with Crippen molar-refractivity contribution < 1.29 is 23.4 Å². The summed E-state index contributed by atoms with van der Waals surface area (Å²) in [5, 5.41) is 0. The third-order valence-corrected chi connectivity index (χ3v) is 5.00. The van der Waals surface area contributed by atoms with Crippen LogP contribution in [-0.4, -0.2) is 24.7 Å². The Kier molecular flexibility index (Phi) is 7.36. The molecule has 0 saturated heterocycles. The number of aromatic nitrogens is 1. The summed E-state index contributed by atoms with van der Waals surface area (Å²) in [4.78, 5) is 16.4. The van der Waals surface area contributed by atoms with Crippen molar-refractivity contribution in [3.05, 3.63) is 88.0 Å². The molecule has 6 heteroatoms. The number of halogens is 1. The summed E-state index contributed by atoms with van der Waals surface area (Å²) < 4.78 is 31.1. The number of benzene rings is 2. The first-order valence-electron chi connectivity index (χ1n) is 9.98. The van der Waals surface area contributed by atoms with Gasteiger partial charge in [0.15, 0.2) is 29.9 Å². The normalized spacial score (nSPS) is 10.7. The van der Waals surface area contributed by atoms with Gasteiger partial charge in [0.25, 0.3) is 0 Å². The van der Waals surface area contributed by atoms with Gasteiger partial charge in [0.2, 0.25) is 0 Å². The number of Topliss-reactive ketones (excluding diaryl/α,β-unsaturated/α-hetero) is 1. The molecule has 3 aromatic rings. The van der Waals surface area contributed by atoms with Crippen molar-refractivity contribution in [2.24, 2.45) is 0 Å². The number of carbonyl (C=O) groups is 1. The highest BCUT2D eigenvalue weighted by molar-refractivity contribution is 5.94. The van der Waals surface area contributed by atoms with E-state index in [-0.39, 0.29) is 29.8 Å². The Hall–Kier alpha value is -3.25. The molecule has 0 amide bonds. The molecular weight excluding hydrogens is 397 g/mol. The van der Waals surface area contributed by atoms with E-state index in [1.54, 1.807) is 25.1 Å². The molecule has 0 spiro atoms. The quantitative estimate of drug-likeness (QED) is 0.350. The number of ether oxygens (including phenoxy) is 3. The molecule has 0 unspecified atom stereocenters. The maximum absolute atomic E-state index is 15.0. The smallest absolute Gasteiger partial charge is 0.188 e. The number of methoxy groups -OCH3 is 1. The lowest BCUT2D eigenvalue weighted by Gasteiger charge is -2.16. The number of carbonyl (C=O) groups excluding carboxylic acids is 1. The zero-order valence-corrected chi connectivity index (χ0v) is 18.2. The molecule has 0 bridgehead atoms. The van der Waals surface area contributed by atoms with Crippen molar-refractivity contribution in [3.63, 3.8) is 0 Å². The summed E-state index contributed by atoms with van der Waals surface area (Å²) >= 11 is 0. The minimum absolute atomic E-state index is 0.0230. The molecule has 1 aromatic heterocycles. The molecule has 5 nitrogen and oxygen atoms in total. The van der Waals surface area contributed by atoms with Crippen LogP contribution in [0.25, 0.3) is 0 Å². The van der Waals surface area contributed by atoms with Gasteiger partial charge in [-0.3, -0.25) is 4.79 Å². The Morgan fingerprint density at radius 3 is 2.45 bits per heavy atom.